The van der Waals surface area contributed by atoms with Crippen LogP contribution in [0.15, 0.2) is 22.8 Å². The number of carbonyl (C=O) groups is 2. The summed E-state index contributed by atoms with van der Waals surface area (Å²) < 4.78 is 10.6. The van der Waals surface area contributed by atoms with Crippen LogP contribution in [-0.4, -0.2) is 22.5 Å². The van der Waals surface area contributed by atoms with Crippen LogP contribution in [0.5, 0.6) is 0 Å². The Morgan fingerprint density at radius 3 is 2.38 bits per heavy atom. The molecular formula is C17H22N2O4S. The molecule has 0 spiro atoms. The van der Waals surface area contributed by atoms with Gasteiger partial charge < -0.3 is 9.15 Å². The molecular weight excluding hydrogens is 328 g/mol. The van der Waals surface area contributed by atoms with Crippen molar-refractivity contribution in [3.63, 3.8) is 0 Å². The van der Waals surface area contributed by atoms with Gasteiger partial charge in [0, 0.05) is 5.41 Å². The SMILES string of the molecule is CC(C)(C)OC(=O)Nc1nc(-c2ccco2)c(C(=O)C(C)(C)C)s1. The van der Waals surface area contributed by atoms with Gasteiger partial charge in [-0.3, -0.25) is 10.1 Å². The number of thiazole rings is 1. The molecule has 0 unspecified atom stereocenters. The van der Waals surface area contributed by atoms with Gasteiger partial charge in [0.05, 0.1) is 6.26 Å². The summed E-state index contributed by atoms with van der Waals surface area (Å²) in [6.45, 7) is 10.8. The summed E-state index contributed by atoms with van der Waals surface area (Å²) in [5, 5.41) is 2.87. The number of ether oxygens (including phenoxy) is 1. The zero-order valence-electron chi connectivity index (χ0n) is 14.7. The molecule has 1 amide bonds. The largest absolute Gasteiger partial charge is 0.463 e. The highest BCUT2D eigenvalue weighted by atomic mass is 32.1. The van der Waals surface area contributed by atoms with Crippen molar-refractivity contribution in [3.05, 3.63) is 23.3 Å². The van der Waals surface area contributed by atoms with Gasteiger partial charge in [0.25, 0.3) is 0 Å². The van der Waals surface area contributed by atoms with E-state index in [4.69, 9.17) is 9.15 Å². The monoisotopic (exact) mass is 350 g/mol. The summed E-state index contributed by atoms with van der Waals surface area (Å²) >= 11 is 1.11. The summed E-state index contributed by atoms with van der Waals surface area (Å²) in [4.78, 5) is 29.4. The summed E-state index contributed by atoms with van der Waals surface area (Å²) in [7, 11) is 0. The lowest BCUT2D eigenvalue weighted by atomic mass is 9.89. The average molecular weight is 350 g/mol. The summed E-state index contributed by atoms with van der Waals surface area (Å²) in [5.41, 5.74) is -0.761. The highest BCUT2D eigenvalue weighted by Gasteiger charge is 2.30. The number of amides is 1. The first-order chi connectivity index (χ1) is 11.0. The molecule has 0 saturated heterocycles. The van der Waals surface area contributed by atoms with E-state index < -0.39 is 17.1 Å². The molecule has 2 aromatic heterocycles. The minimum atomic E-state index is -0.616. The number of aromatic nitrogens is 1. The van der Waals surface area contributed by atoms with Crippen LogP contribution in [0.4, 0.5) is 9.93 Å². The summed E-state index contributed by atoms with van der Waals surface area (Å²) in [6.07, 6.45) is 0.901. The van der Waals surface area contributed by atoms with Gasteiger partial charge in [-0.1, -0.05) is 32.1 Å². The number of hydrogen-bond acceptors (Lipinski definition) is 6. The number of nitrogens with one attached hydrogen (secondary N) is 1. The maximum Gasteiger partial charge on any atom is 0.413 e. The Labute approximate surface area is 145 Å². The van der Waals surface area contributed by atoms with E-state index in [1.165, 1.54) is 6.26 Å². The Balaban J connectivity index is 2.35. The number of carbonyl (C=O) groups excluding carboxylic acids is 2. The molecule has 0 aliphatic carbocycles. The Morgan fingerprint density at radius 2 is 1.88 bits per heavy atom. The van der Waals surface area contributed by atoms with Crippen molar-refractivity contribution in [2.75, 3.05) is 5.32 Å². The van der Waals surface area contributed by atoms with Crippen LogP contribution < -0.4 is 5.32 Å². The van der Waals surface area contributed by atoms with E-state index in [-0.39, 0.29) is 5.78 Å². The molecule has 0 fully saturated rings. The van der Waals surface area contributed by atoms with E-state index in [1.54, 1.807) is 32.9 Å². The highest BCUT2D eigenvalue weighted by molar-refractivity contribution is 7.18. The Bertz CT molecular complexity index is 734. The lowest BCUT2D eigenvalue weighted by molar-refractivity contribution is 0.0635. The van der Waals surface area contributed by atoms with Crippen LogP contribution in [0.3, 0.4) is 0 Å². The Hall–Kier alpha value is -2.15. The molecule has 2 heterocycles. The molecule has 1 N–H and O–H groups in total. The van der Waals surface area contributed by atoms with E-state index in [2.05, 4.69) is 10.3 Å². The second-order valence-electron chi connectivity index (χ2n) is 7.38. The zero-order chi connectivity index (χ0) is 18.1. The second kappa shape index (κ2) is 6.39. The van der Waals surface area contributed by atoms with Gasteiger partial charge in [-0.2, -0.15) is 0 Å². The molecule has 0 aliphatic rings. The molecule has 2 rings (SSSR count). The van der Waals surface area contributed by atoms with Gasteiger partial charge in [-0.05, 0) is 32.9 Å². The van der Waals surface area contributed by atoms with Crippen LogP contribution >= 0.6 is 11.3 Å². The molecule has 0 saturated carbocycles. The number of hydrogen-bond donors (Lipinski definition) is 1. The van der Waals surface area contributed by atoms with Gasteiger partial charge in [0.15, 0.2) is 16.7 Å². The third-order valence-electron chi connectivity index (χ3n) is 2.88. The standard InChI is InChI=1S/C17H22N2O4S/c1-16(2,3)13(20)12-11(10-8-7-9-22-10)18-14(24-12)19-15(21)23-17(4,5)6/h7-9H,1-6H3,(H,18,19,21). The molecule has 6 nitrogen and oxygen atoms in total. The fraction of sp³-hybridized carbons (Fsp3) is 0.471. The van der Waals surface area contributed by atoms with Crippen molar-refractivity contribution in [2.45, 2.75) is 47.1 Å². The fourth-order valence-corrected chi connectivity index (χ4v) is 2.95. The summed E-state index contributed by atoms with van der Waals surface area (Å²) in [6, 6.07) is 3.45. The lowest BCUT2D eigenvalue weighted by Gasteiger charge is -2.18. The lowest BCUT2D eigenvalue weighted by Crippen LogP contribution is -2.27. The number of Topliss-reactive ketones (excluding diaryl/α,β-unsaturated/α-hetero) is 1. The molecule has 0 atom stereocenters. The van der Waals surface area contributed by atoms with Crippen LogP contribution in [-0.2, 0) is 4.74 Å². The van der Waals surface area contributed by atoms with E-state index in [1.807, 2.05) is 20.8 Å². The maximum atomic E-state index is 12.7. The van der Waals surface area contributed by atoms with E-state index >= 15 is 0 Å². The van der Waals surface area contributed by atoms with Crippen LogP contribution in [0.25, 0.3) is 11.5 Å². The molecule has 130 valence electrons. The predicted octanol–water partition coefficient (Wildman–Crippen LogP) is 4.98. The van der Waals surface area contributed by atoms with Gasteiger partial charge in [-0.15, -0.1) is 0 Å². The predicted molar refractivity (Wildman–Crippen MR) is 93.5 cm³/mol. The third-order valence-corrected chi connectivity index (χ3v) is 3.85. The van der Waals surface area contributed by atoms with Crippen molar-refractivity contribution in [1.82, 2.24) is 4.98 Å². The van der Waals surface area contributed by atoms with E-state index in [9.17, 15) is 9.59 Å². The van der Waals surface area contributed by atoms with Crippen molar-refractivity contribution >= 4 is 28.3 Å². The Kier molecular flexibility index (Phi) is 4.85. The number of ketones is 1. The molecule has 2 aromatic rings. The molecule has 0 aromatic carbocycles. The van der Waals surface area contributed by atoms with Crippen molar-refractivity contribution < 1.29 is 18.7 Å². The van der Waals surface area contributed by atoms with Crippen LogP contribution in [0.1, 0.15) is 51.2 Å². The fourth-order valence-electron chi connectivity index (χ4n) is 1.84. The van der Waals surface area contributed by atoms with Crippen molar-refractivity contribution in [3.8, 4) is 11.5 Å². The Morgan fingerprint density at radius 1 is 1.21 bits per heavy atom. The quantitative estimate of drug-likeness (QED) is 0.790. The smallest absolute Gasteiger partial charge is 0.413 e. The van der Waals surface area contributed by atoms with Crippen molar-refractivity contribution in [2.24, 2.45) is 5.41 Å². The van der Waals surface area contributed by atoms with Crippen molar-refractivity contribution in [1.29, 1.82) is 0 Å². The van der Waals surface area contributed by atoms with Crippen LogP contribution in [0, 0.1) is 5.41 Å². The second-order valence-corrected chi connectivity index (χ2v) is 8.38. The molecule has 0 aliphatic heterocycles. The summed E-state index contributed by atoms with van der Waals surface area (Å²) in [5.74, 6) is 0.416. The first kappa shape index (κ1) is 18.2. The molecule has 0 radical (unpaired) electrons. The van der Waals surface area contributed by atoms with Gasteiger partial charge in [0.1, 0.15) is 16.2 Å². The average Bonchev–Trinajstić information content (AvgIpc) is 3.02. The normalized spacial score (nSPS) is 12.1. The number of rotatable bonds is 3. The minimum absolute atomic E-state index is 0.0661. The van der Waals surface area contributed by atoms with Crippen LogP contribution in [0.2, 0.25) is 0 Å². The molecule has 0 bridgehead atoms. The zero-order valence-corrected chi connectivity index (χ0v) is 15.5. The molecule has 24 heavy (non-hydrogen) atoms. The number of anilines is 1. The van der Waals surface area contributed by atoms with Gasteiger partial charge in [-0.25, -0.2) is 9.78 Å². The molecule has 7 heteroatoms. The first-order valence-corrected chi connectivity index (χ1v) is 8.38. The van der Waals surface area contributed by atoms with E-state index in [0.717, 1.165) is 11.3 Å². The topological polar surface area (TPSA) is 81.4 Å². The van der Waals surface area contributed by atoms with Gasteiger partial charge >= 0.3 is 6.09 Å². The number of nitrogens with zero attached hydrogens (tertiary/aromatic N) is 1. The highest BCUT2D eigenvalue weighted by Crippen LogP contribution is 2.36. The third kappa shape index (κ3) is 4.44. The number of furan rings is 1. The maximum absolute atomic E-state index is 12.7. The minimum Gasteiger partial charge on any atom is -0.463 e. The first-order valence-electron chi connectivity index (χ1n) is 7.57. The van der Waals surface area contributed by atoms with Gasteiger partial charge in [0.2, 0.25) is 0 Å². The van der Waals surface area contributed by atoms with E-state index in [0.29, 0.717) is 21.5 Å².